The Morgan fingerprint density at radius 1 is 1.44 bits per heavy atom. The summed E-state index contributed by atoms with van der Waals surface area (Å²) >= 11 is 8.61. The first-order chi connectivity index (χ1) is 8.56. The Labute approximate surface area is 127 Å². The zero-order valence-electron chi connectivity index (χ0n) is 10.2. The maximum atomic E-state index is 5.75. The largest absolute Gasteiger partial charge is 0.441 e. The second-order valence-electron chi connectivity index (χ2n) is 4.21. The summed E-state index contributed by atoms with van der Waals surface area (Å²) in [6.07, 6.45) is 2.59. The van der Waals surface area contributed by atoms with E-state index < -0.39 is 0 Å². The molecule has 0 fully saturated rings. The van der Waals surface area contributed by atoms with Crippen LogP contribution in [0.5, 0.6) is 0 Å². The van der Waals surface area contributed by atoms with Gasteiger partial charge in [-0.2, -0.15) is 0 Å². The smallest absolute Gasteiger partial charge is 0.196 e. The van der Waals surface area contributed by atoms with Crippen LogP contribution in [0.3, 0.4) is 0 Å². The van der Waals surface area contributed by atoms with Gasteiger partial charge < -0.3 is 9.73 Å². The van der Waals surface area contributed by atoms with E-state index in [9.17, 15) is 0 Å². The zero-order chi connectivity index (χ0) is 13.1. The van der Waals surface area contributed by atoms with Crippen LogP contribution in [0.2, 0.25) is 0 Å². The van der Waals surface area contributed by atoms with Crippen molar-refractivity contribution in [2.75, 3.05) is 6.54 Å². The minimum Gasteiger partial charge on any atom is -0.441 e. The first-order valence-electron chi connectivity index (χ1n) is 5.69. The lowest BCUT2D eigenvalue weighted by Gasteiger charge is -2.05. The van der Waals surface area contributed by atoms with Gasteiger partial charge in [0.05, 0.1) is 13.8 Å². The molecule has 0 aliphatic rings. The molecule has 98 valence electrons. The minimum atomic E-state index is 0.487. The van der Waals surface area contributed by atoms with E-state index in [1.54, 1.807) is 17.5 Å². The van der Waals surface area contributed by atoms with Gasteiger partial charge in [-0.3, -0.25) is 0 Å². The van der Waals surface area contributed by atoms with E-state index in [-0.39, 0.29) is 0 Å². The third kappa shape index (κ3) is 3.66. The zero-order valence-corrected chi connectivity index (χ0v) is 14.2. The Morgan fingerprint density at radius 3 is 2.83 bits per heavy atom. The highest BCUT2D eigenvalue weighted by atomic mass is 79.9. The minimum absolute atomic E-state index is 0.487. The summed E-state index contributed by atoms with van der Waals surface area (Å²) in [5.41, 5.74) is 1.04. The van der Waals surface area contributed by atoms with Crippen molar-refractivity contribution in [1.82, 2.24) is 10.3 Å². The maximum Gasteiger partial charge on any atom is 0.196 e. The highest BCUT2D eigenvalue weighted by molar-refractivity contribution is 9.12. The van der Waals surface area contributed by atoms with Gasteiger partial charge in [0.15, 0.2) is 11.7 Å². The van der Waals surface area contributed by atoms with Gasteiger partial charge in [0.2, 0.25) is 0 Å². The number of hydrogen-bond donors (Lipinski definition) is 1. The Bertz CT molecular complexity index is 522. The van der Waals surface area contributed by atoms with Crippen molar-refractivity contribution in [2.24, 2.45) is 0 Å². The van der Waals surface area contributed by atoms with Gasteiger partial charge in [0.25, 0.3) is 0 Å². The molecular weight excluding hydrogens is 380 g/mol. The molecule has 0 aliphatic carbocycles. The SMILES string of the molecule is CC(C)NCCc1ncc(-c2cc(Br)sc2Br)o1. The third-order valence-corrected chi connectivity index (χ3v) is 4.71. The van der Waals surface area contributed by atoms with E-state index in [2.05, 4.69) is 56.0 Å². The van der Waals surface area contributed by atoms with Crippen molar-refractivity contribution >= 4 is 43.2 Å². The van der Waals surface area contributed by atoms with Crippen LogP contribution in [0.15, 0.2) is 24.3 Å². The van der Waals surface area contributed by atoms with E-state index in [0.29, 0.717) is 6.04 Å². The van der Waals surface area contributed by atoms with Crippen LogP contribution in [-0.2, 0) is 6.42 Å². The summed E-state index contributed by atoms with van der Waals surface area (Å²) in [4.78, 5) is 4.30. The molecule has 0 spiro atoms. The number of nitrogens with one attached hydrogen (secondary N) is 1. The fourth-order valence-electron chi connectivity index (χ4n) is 1.53. The summed E-state index contributed by atoms with van der Waals surface area (Å²) in [5.74, 6) is 1.58. The van der Waals surface area contributed by atoms with E-state index in [0.717, 1.165) is 37.8 Å². The Balaban J connectivity index is 2.04. The van der Waals surface area contributed by atoms with Crippen molar-refractivity contribution < 1.29 is 4.42 Å². The topological polar surface area (TPSA) is 38.1 Å². The predicted octanol–water partition coefficient (Wildman–Crippen LogP) is 4.47. The van der Waals surface area contributed by atoms with Gasteiger partial charge in [-0.15, -0.1) is 11.3 Å². The third-order valence-electron chi connectivity index (χ3n) is 2.37. The van der Waals surface area contributed by atoms with E-state index >= 15 is 0 Å². The molecule has 2 rings (SSSR count). The molecular formula is C12H14Br2N2OS. The molecule has 0 atom stereocenters. The highest BCUT2D eigenvalue weighted by Gasteiger charge is 2.12. The van der Waals surface area contributed by atoms with Gasteiger partial charge >= 0.3 is 0 Å². The van der Waals surface area contributed by atoms with Crippen molar-refractivity contribution in [3.05, 3.63) is 25.7 Å². The number of halogens is 2. The fourth-order valence-corrected chi connectivity index (χ4v) is 4.34. The number of rotatable bonds is 5. The van der Waals surface area contributed by atoms with Crippen LogP contribution in [0.25, 0.3) is 11.3 Å². The normalized spacial score (nSPS) is 11.4. The van der Waals surface area contributed by atoms with Crippen molar-refractivity contribution in [2.45, 2.75) is 26.3 Å². The highest BCUT2D eigenvalue weighted by Crippen LogP contribution is 2.38. The average Bonchev–Trinajstić information content (AvgIpc) is 2.85. The Kier molecular flexibility index (Phi) is 5.00. The summed E-state index contributed by atoms with van der Waals surface area (Å²) < 4.78 is 7.88. The molecule has 18 heavy (non-hydrogen) atoms. The van der Waals surface area contributed by atoms with Crippen molar-refractivity contribution in [3.8, 4) is 11.3 Å². The van der Waals surface area contributed by atoms with Crippen LogP contribution < -0.4 is 5.32 Å². The van der Waals surface area contributed by atoms with Gasteiger partial charge in [-0.05, 0) is 37.9 Å². The molecule has 0 amide bonds. The number of aromatic nitrogens is 1. The number of hydrogen-bond acceptors (Lipinski definition) is 4. The molecule has 0 unspecified atom stereocenters. The lowest BCUT2D eigenvalue weighted by atomic mass is 10.3. The van der Waals surface area contributed by atoms with Crippen molar-refractivity contribution in [1.29, 1.82) is 0 Å². The van der Waals surface area contributed by atoms with Crippen LogP contribution in [-0.4, -0.2) is 17.6 Å². The van der Waals surface area contributed by atoms with Crippen molar-refractivity contribution in [3.63, 3.8) is 0 Å². The molecule has 3 nitrogen and oxygen atoms in total. The van der Waals surface area contributed by atoms with Gasteiger partial charge in [-0.25, -0.2) is 4.98 Å². The molecule has 0 saturated heterocycles. The average molecular weight is 394 g/mol. The lowest BCUT2D eigenvalue weighted by molar-refractivity contribution is 0.484. The summed E-state index contributed by atoms with van der Waals surface area (Å²) in [7, 11) is 0. The lowest BCUT2D eigenvalue weighted by Crippen LogP contribution is -2.24. The van der Waals surface area contributed by atoms with Gasteiger partial charge in [0.1, 0.15) is 0 Å². The van der Waals surface area contributed by atoms with E-state index in [1.807, 2.05) is 6.07 Å². The first kappa shape index (κ1) is 14.2. The molecule has 0 aliphatic heterocycles. The van der Waals surface area contributed by atoms with E-state index in [1.165, 1.54) is 0 Å². The van der Waals surface area contributed by atoms with Crippen LogP contribution in [0.1, 0.15) is 19.7 Å². The summed E-state index contributed by atoms with van der Waals surface area (Å²) in [6.45, 7) is 5.13. The summed E-state index contributed by atoms with van der Waals surface area (Å²) in [5, 5.41) is 3.34. The molecule has 0 aromatic carbocycles. The molecule has 0 bridgehead atoms. The number of thiophene rings is 1. The predicted molar refractivity (Wildman–Crippen MR) is 82.1 cm³/mol. The monoisotopic (exact) mass is 392 g/mol. The maximum absolute atomic E-state index is 5.75. The molecule has 6 heteroatoms. The number of nitrogens with zero attached hydrogens (tertiary/aromatic N) is 1. The standard InChI is InChI=1S/C12H14Br2N2OS/c1-7(2)15-4-3-11-16-6-9(17-11)8-5-10(13)18-12(8)14/h5-7,15H,3-4H2,1-2H3. The second kappa shape index (κ2) is 6.32. The molecule has 2 heterocycles. The molecule has 0 saturated carbocycles. The molecule has 2 aromatic heterocycles. The Morgan fingerprint density at radius 2 is 2.22 bits per heavy atom. The van der Waals surface area contributed by atoms with Gasteiger partial charge in [0, 0.05) is 24.6 Å². The van der Waals surface area contributed by atoms with Crippen LogP contribution in [0.4, 0.5) is 0 Å². The fraction of sp³-hybridized carbons (Fsp3) is 0.417. The molecule has 0 radical (unpaired) electrons. The number of oxazole rings is 1. The van der Waals surface area contributed by atoms with Gasteiger partial charge in [-0.1, -0.05) is 13.8 Å². The summed E-state index contributed by atoms with van der Waals surface area (Å²) in [6, 6.07) is 2.52. The second-order valence-corrected chi connectivity index (χ2v) is 7.96. The Hall–Kier alpha value is -0.170. The molecule has 1 N–H and O–H groups in total. The first-order valence-corrected chi connectivity index (χ1v) is 8.10. The van der Waals surface area contributed by atoms with Crippen LogP contribution in [0, 0.1) is 0 Å². The van der Waals surface area contributed by atoms with E-state index in [4.69, 9.17) is 4.42 Å². The quantitative estimate of drug-likeness (QED) is 0.814. The van der Waals surface area contributed by atoms with Crippen LogP contribution >= 0.6 is 43.2 Å². The molecule has 2 aromatic rings.